The molecule has 1 fully saturated rings. The molecule has 148 valence electrons. The molecule has 0 bridgehead atoms. The van der Waals surface area contributed by atoms with Crippen LogP contribution in [0.4, 0.5) is 5.69 Å². The largest absolute Gasteiger partial charge is 0.370 e. The van der Waals surface area contributed by atoms with E-state index in [4.69, 9.17) is 4.74 Å². The maximum atomic E-state index is 12.7. The van der Waals surface area contributed by atoms with Crippen LogP contribution in [-0.4, -0.2) is 36.7 Å². The average molecular weight is 380 g/mol. The molecule has 1 amide bonds. The van der Waals surface area contributed by atoms with E-state index >= 15 is 0 Å². The van der Waals surface area contributed by atoms with Crippen LogP contribution < -0.4 is 10.2 Å². The lowest BCUT2D eigenvalue weighted by molar-refractivity contribution is -0.130. The van der Waals surface area contributed by atoms with Crippen molar-refractivity contribution in [1.29, 1.82) is 0 Å². The number of amides is 1. The standard InChI is InChI=1S/C23H29N3O2/c1-17(2)9-11-26-15-23(19-7-3-4-8-20(19)26)12-21(28-16-23)22(27)25-14-18-6-5-10-24-13-18/h3-8,10,13,17,21H,9,11-12,14-16H2,1-2H3,(H,25,27). The summed E-state index contributed by atoms with van der Waals surface area (Å²) < 4.78 is 6.02. The second-order valence-electron chi connectivity index (χ2n) is 8.48. The molecular formula is C23H29N3O2. The molecule has 2 atom stereocenters. The van der Waals surface area contributed by atoms with Crippen LogP contribution in [0.3, 0.4) is 0 Å². The molecule has 5 heteroatoms. The van der Waals surface area contributed by atoms with E-state index < -0.39 is 6.10 Å². The number of nitrogens with one attached hydrogen (secondary N) is 1. The van der Waals surface area contributed by atoms with E-state index in [1.165, 1.54) is 17.7 Å². The van der Waals surface area contributed by atoms with Gasteiger partial charge in [-0.2, -0.15) is 0 Å². The highest BCUT2D eigenvalue weighted by molar-refractivity contribution is 5.81. The van der Waals surface area contributed by atoms with Crippen molar-refractivity contribution in [3.8, 4) is 0 Å². The quantitative estimate of drug-likeness (QED) is 0.837. The van der Waals surface area contributed by atoms with Crippen molar-refractivity contribution < 1.29 is 9.53 Å². The summed E-state index contributed by atoms with van der Waals surface area (Å²) in [6.45, 7) is 7.60. The molecule has 2 aromatic rings. The van der Waals surface area contributed by atoms with E-state index in [2.05, 4.69) is 53.3 Å². The van der Waals surface area contributed by atoms with Gasteiger partial charge in [-0.1, -0.05) is 38.1 Å². The number of pyridine rings is 1. The third kappa shape index (κ3) is 3.76. The summed E-state index contributed by atoms with van der Waals surface area (Å²) in [5.74, 6) is 0.647. The van der Waals surface area contributed by atoms with Gasteiger partial charge in [0, 0.05) is 43.1 Å². The van der Waals surface area contributed by atoms with Gasteiger partial charge in [-0.15, -0.1) is 0 Å². The van der Waals surface area contributed by atoms with Crippen molar-refractivity contribution in [2.45, 2.75) is 44.8 Å². The fourth-order valence-corrected chi connectivity index (χ4v) is 4.35. The van der Waals surface area contributed by atoms with Crippen LogP contribution >= 0.6 is 0 Å². The van der Waals surface area contributed by atoms with Crippen molar-refractivity contribution in [1.82, 2.24) is 10.3 Å². The highest BCUT2D eigenvalue weighted by atomic mass is 16.5. The summed E-state index contributed by atoms with van der Waals surface area (Å²) in [5, 5.41) is 3.00. The van der Waals surface area contributed by atoms with Gasteiger partial charge in [-0.05, 0) is 42.0 Å². The van der Waals surface area contributed by atoms with Crippen LogP contribution in [-0.2, 0) is 21.5 Å². The van der Waals surface area contributed by atoms with Crippen LogP contribution in [0.15, 0.2) is 48.8 Å². The first kappa shape index (κ1) is 18.9. The molecule has 2 aliphatic heterocycles. The minimum Gasteiger partial charge on any atom is -0.370 e. The number of aromatic nitrogens is 1. The smallest absolute Gasteiger partial charge is 0.249 e. The molecule has 3 heterocycles. The summed E-state index contributed by atoms with van der Waals surface area (Å²) in [5.41, 5.74) is 3.56. The number of carbonyl (C=O) groups is 1. The molecule has 1 aromatic carbocycles. The number of carbonyl (C=O) groups excluding carboxylic acids is 1. The number of para-hydroxylation sites is 1. The van der Waals surface area contributed by atoms with Gasteiger partial charge in [-0.25, -0.2) is 0 Å². The summed E-state index contributed by atoms with van der Waals surface area (Å²) >= 11 is 0. The van der Waals surface area contributed by atoms with Crippen molar-refractivity contribution in [3.63, 3.8) is 0 Å². The molecule has 28 heavy (non-hydrogen) atoms. The predicted octanol–water partition coefficient (Wildman–Crippen LogP) is 3.29. The first-order chi connectivity index (χ1) is 13.6. The van der Waals surface area contributed by atoms with Gasteiger partial charge in [0.1, 0.15) is 6.10 Å². The maximum Gasteiger partial charge on any atom is 0.249 e. The zero-order valence-corrected chi connectivity index (χ0v) is 16.7. The Morgan fingerprint density at radius 3 is 2.96 bits per heavy atom. The van der Waals surface area contributed by atoms with Gasteiger partial charge in [-0.3, -0.25) is 9.78 Å². The van der Waals surface area contributed by atoms with Crippen LogP contribution in [0.1, 0.15) is 37.8 Å². The molecule has 0 saturated carbocycles. The molecule has 2 unspecified atom stereocenters. The number of anilines is 1. The molecule has 2 aliphatic rings. The molecule has 5 nitrogen and oxygen atoms in total. The number of nitrogens with zero attached hydrogens (tertiary/aromatic N) is 2. The Labute approximate surface area is 167 Å². The highest BCUT2D eigenvalue weighted by Gasteiger charge is 2.50. The van der Waals surface area contributed by atoms with Gasteiger partial charge in [0.05, 0.1) is 6.61 Å². The molecule has 1 N–H and O–H groups in total. The molecule has 0 radical (unpaired) electrons. The third-order valence-electron chi connectivity index (χ3n) is 5.90. The Kier molecular flexibility index (Phi) is 5.36. The summed E-state index contributed by atoms with van der Waals surface area (Å²) in [7, 11) is 0. The van der Waals surface area contributed by atoms with Gasteiger partial charge < -0.3 is 15.0 Å². The van der Waals surface area contributed by atoms with E-state index in [-0.39, 0.29) is 11.3 Å². The van der Waals surface area contributed by atoms with E-state index in [9.17, 15) is 4.79 Å². The fraction of sp³-hybridized carbons (Fsp3) is 0.478. The van der Waals surface area contributed by atoms with Gasteiger partial charge in [0.15, 0.2) is 0 Å². The maximum absolute atomic E-state index is 12.7. The number of fused-ring (bicyclic) bond motifs is 2. The number of rotatable bonds is 6. The fourth-order valence-electron chi connectivity index (χ4n) is 4.35. The van der Waals surface area contributed by atoms with E-state index in [0.717, 1.165) is 25.1 Å². The topological polar surface area (TPSA) is 54.5 Å². The van der Waals surface area contributed by atoms with Crippen LogP contribution in [0.2, 0.25) is 0 Å². The summed E-state index contributed by atoms with van der Waals surface area (Å²) in [4.78, 5) is 19.3. The number of hydrogen-bond acceptors (Lipinski definition) is 4. The zero-order valence-electron chi connectivity index (χ0n) is 16.7. The van der Waals surface area contributed by atoms with Crippen molar-refractivity contribution >= 4 is 11.6 Å². The second kappa shape index (κ2) is 7.92. The number of hydrogen-bond donors (Lipinski definition) is 1. The minimum atomic E-state index is -0.394. The molecule has 1 saturated heterocycles. The van der Waals surface area contributed by atoms with Crippen LogP contribution in [0, 0.1) is 5.92 Å². The monoisotopic (exact) mass is 379 g/mol. The third-order valence-corrected chi connectivity index (χ3v) is 5.90. The van der Waals surface area contributed by atoms with Gasteiger partial charge in [0.2, 0.25) is 5.91 Å². The molecule has 1 spiro atoms. The molecule has 0 aliphatic carbocycles. The molecule has 4 rings (SSSR count). The first-order valence-corrected chi connectivity index (χ1v) is 10.2. The Balaban J connectivity index is 1.44. The minimum absolute atomic E-state index is 0.0289. The molecular weight excluding hydrogens is 350 g/mol. The Morgan fingerprint density at radius 1 is 1.32 bits per heavy atom. The second-order valence-corrected chi connectivity index (χ2v) is 8.48. The van der Waals surface area contributed by atoms with Crippen LogP contribution in [0.25, 0.3) is 0 Å². The van der Waals surface area contributed by atoms with Crippen molar-refractivity contribution in [2.75, 3.05) is 24.6 Å². The zero-order chi connectivity index (χ0) is 19.6. The Hall–Kier alpha value is -2.40. The predicted molar refractivity (Wildman–Crippen MR) is 110 cm³/mol. The number of ether oxygens (including phenoxy) is 1. The lowest BCUT2D eigenvalue weighted by Crippen LogP contribution is -2.37. The van der Waals surface area contributed by atoms with Crippen LogP contribution in [0.5, 0.6) is 0 Å². The summed E-state index contributed by atoms with van der Waals surface area (Å²) in [6.07, 6.45) is 5.02. The first-order valence-electron chi connectivity index (χ1n) is 10.2. The molecule has 1 aromatic heterocycles. The van der Waals surface area contributed by atoms with E-state index in [1.807, 2.05) is 12.1 Å². The number of benzene rings is 1. The lowest BCUT2D eigenvalue weighted by Gasteiger charge is -2.25. The average Bonchev–Trinajstić information content (AvgIpc) is 3.28. The van der Waals surface area contributed by atoms with Gasteiger partial charge >= 0.3 is 0 Å². The summed E-state index contributed by atoms with van der Waals surface area (Å²) in [6, 6.07) is 12.5. The van der Waals surface area contributed by atoms with Crippen molar-refractivity contribution in [3.05, 3.63) is 59.9 Å². The van der Waals surface area contributed by atoms with Gasteiger partial charge in [0.25, 0.3) is 0 Å². The Bertz CT molecular complexity index is 824. The normalized spacial score (nSPS) is 23.4. The van der Waals surface area contributed by atoms with Crippen molar-refractivity contribution in [2.24, 2.45) is 5.92 Å². The van der Waals surface area contributed by atoms with E-state index in [0.29, 0.717) is 19.1 Å². The Morgan fingerprint density at radius 2 is 2.18 bits per heavy atom. The highest BCUT2D eigenvalue weighted by Crippen LogP contribution is 2.47. The lowest BCUT2D eigenvalue weighted by atomic mass is 9.80. The SMILES string of the molecule is CC(C)CCN1CC2(COC(C(=O)NCc3cccnc3)C2)c2ccccc21. The van der Waals surface area contributed by atoms with E-state index in [1.54, 1.807) is 12.4 Å².